The largest absolute Gasteiger partial charge is 0.397 e. The van der Waals surface area contributed by atoms with Crippen LogP contribution in [0.4, 0.5) is 15.8 Å². The molecule has 2 N–H and O–H groups in total. The number of ketones is 1. The Kier molecular flexibility index (Phi) is 4.05. The zero-order valence-electron chi connectivity index (χ0n) is 13.2. The van der Waals surface area contributed by atoms with Gasteiger partial charge in [-0.15, -0.1) is 0 Å². The first-order valence-corrected chi connectivity index (χ1v) is 7.58. The van der Waals surface area contributed by atoms with Crippen LogP contribution < -0.4 is 10.6 Å². The van der Waals surface area contributed by atoms with Crippen molar-refractivity contribution in [2.24, 2.45) is 0 Å². The maximum absolute atomic E-state index is 13.1. The minimum absolute atomic E-state index is 0.226. The predicted octanol–water partition coefficient (Wildman–Crippen LogP) is 3.56. The van der Waals surface area contributed by atoms with Crippen LogP contribution in [0.2, 0.25) is 0 Å². The van der Waals surface area contributed by atoms with Gasteiger partial charge in [0.1, 0.15) is 5.82 Å². The second-order valence-corrected chi connectivity index (χ2v) is 5.74. The molecule has 0 spiro atoms. The maximum Gasteiger partial charge on any atom is 0.195 e. The molecule has 0 unspecified atom stereocenters. The molecule has 2 aromatic carbocycles. The van der Waals surface area contributed by atoms with E-state index in [0.29, 0.717) is 41.0 Å². The number of aryl methyl sites for hydroxylation is 1. The van der Waals surface area contributed by atoms with Gasteiger partial charge in [0.2, 0.25) is 0 Å². The third kappa shape index (κ3) is 2.74. The van der Waals surface area contributed by atoms with E-state index in [4.69, 9.17) is 11.0 Å². The van der Waals surface area contributed by atoms with Crippen molar-refractivity contribution in [3.63, 3.8) is 0 Å². The molecule has 1 aliphatic heterocycles. The quantitative estimate of drug-likeness (QED) is 0.693. The number of benzene rings is 2. The van der Waals surface area contributed by atoms with Gasteiger partial charge in [0.25, 0.3) is 0 Å². The fraction of sp³-hybridized carbons (Fsp3) is 0.158. The van der Waals surface area contributed by atoms with Gasteiger partial charge in [-0.1, -0.05) is 6.07 Å². The molecule has 0 saturated heterocycles. The molecule has 4 nitrogen and oxygen atoms in total. The van der Waals surface area contributed by atoms with E-state index >= 15 is 0 Å². The zero-order valence-corrected chi connectivity index (χ0v) is 13.2. The van der Waals surface area contributed by atoms with Crippen LogP contribution in [0.5, 0.6) is 0 Å². The number of nitriles is 1. The Balaban J connectivity index is 2.10. The fourth-order valence-electron chi connectivity index (χ4n) is 2.78. The first-order chi connectivity index (χ1) is 11.5. The molecule has 2 aromatic rings. The molecule has 120 valence electrons. The molecule has 0 amide bonds. The predicted molar refractivity (Wildman–Crippen MR) is 91.1 cm³/mol. The Bertz CT molecular complexity index is 879. The number of rotatable bonds is 3. The Labute approximate surface area is 139 Å². The van der Waals surface area contributed by atoms with Gasteiger partial charge in [-0.3, -0.25) is 4.79 Å². The SMILES string of the molecule is Cc1ccc(C(=O)c2ccc(F)cc2)c(N2C=C(C#N)CC2)c1N. The van der Waals surface area contributed by atoms with Crippen LogP contribution in [0.3, 0.4) is 0 Å². The molecular formula is C19H16FN3O. The summed E-state index contributed by atoms with van der Waals surface area (Å²) in [5, 5.41) is 9.06. The average Bonchev–Trinajstić information content (AvgIpc) is 3.06. The first kappa shape index (κ1) is 15.8. The number of anilines is 2. The minimum atomic E-state index is -0.392. The van der Waals surface area contributed by atoms with Gasteiger partial charge in [0.05, 0.1) is 17.4 Å². The highest BCUT2D eigenvalue weighted by Gasteiger charge is 2.23. The lowest BCUT2D eigenvalue weighted by atomic mass is 9.98. The van der Waals surface area contributed by atoms with E-state index in [-0.39, 0.29) is 5.78 Å². The number of nitrogens with two attached hydrogens (primary N) is 1. The number of carbonyl (C=O) groups is 1. The summed E-state index contributed by atoms with van der Waals surface area (Å²) in [6.45, 7) is 2.47. The highest BCUT2D eigenvalue weighted by Crippen LogP contribution is 2.35. The molecule has 0 bridgehead atoms. The van der Waals surface area contributed by atoms with Crippen molar-refractivity contribution in [2.75, 3.05) is 17.2 Å². The van der Waals surface area contributed by atoms with Crippen molar-refractivity contribution < 1.29 is 9.18 Å². The van der Waals surface area contributed by atoms with Crippen molar-refractivity contribution in [3.05, 3.63) is 70.7 Å². The summed E-state index contributed by atoms with van der Waals surface area (Å²) in [6, 6.07) is 11.1. The van der Waals surface area contributed by atoms with Crippen LogP contribution in [0, 0.1) is 24.1 Å². The van der Waals surface area contributed by atoms with Crippen molar-refractivity contribution in [3.8, 4) is 6.07 Å². The van der Waals surface area contributed by atoms with E-state index in [9.17, 15) is 9.18 Å². The third-order valence-electron chi connectivity index (χ3n) is 4.15. The summed E-state index contributed by atoms with van der Waals surface area (Å²) in [5.41, 5.74) is 9.69. The number of hydrogen-bond acceptors (Lipinski definition) is 4. The average molecular weight is 321 g/mol. The van der Waals surface area contributed by atoms with E-state index in [2.05, 4.69) is 6.07 Å². The maximum atomic E-state index is 13.1. The van der Waals surface area contributed by atoms with E-state index < -0.39 is 5.82 Å². The highest BCUT2D eigenvalue weighted by molar-refractivity contribution is 6.14. The Morgan fingerprint density at radius 1 is 1.25 bits per heavy atom. The standard InChI is InChI=1S/C19H16FN3O/c1-12-2-7-16(19(24)14-3-5-15(20)6-4-14)18(17(12)22)23-9-8-13(10-21)11-23/h2-7,11H,8-9,22H2,1H3. The van der Waals surface area contributed by atoms with Crippen LogP contribution in [0.15, 0.2) is 48.2 Å². The van der Waals surface area contributed by atoms with Gasteiger partial charge in [-0.05, 0) is 42.8 Å². The lowest BCUT2D eigenvalue weighted by molar-refractivity contribution is 0.103. The summed E-state index contributed by atoms with van der Waals surface area (Å²) < 4.78 is 13.1. The molecule has 24 heavy (non-hydrogen) atoms. The van der Waals surface area contributed by atoms with Gasteiger partial charge in [-0.2, -0.15) is 5.26 Å². The fourth-order valence-corrected chi connectivity index (χ4v) is 2.78. The Morgan fingerprint density at radius 3 is 2.58 bits per heavy atom. The molecule has 1 aliphatic rings. The molecule has 0 saturated carbocycles. The number of halogens is 1. The molecule has 0 atom stereocenters. The van der Waals surface area contributed by atoms with Crippen molar-refractivity contribution in [2.45, 2.75) is 13.3 Å². The van der Waals surface area contributed by atoms with E-state index in [1.807, 2.05) is 11.8 Å². The molecule has 1 heterocycles. The molecule has 0 aliphatic carbocycles. The topological polar surface area (TPSA) is 70.1 Å². The first-order valence-electron chi connectivity index (χ1n) is 7.58. The number of hydrogen-bond donors (Lipinski definition) is 1. The van der Waals surface area contributed by atoms with Gasteiger partial charge < -0.3 is 10.6 Å². The molecule has 0 radical (unpaired) electrons. The number of nitrogen functional groups attached to an aromatic ring is 1. The lowest BCUT2D eigenvalue weighted by Gasteiger charge is -2.22. The number of carbonyl (C=O) groups excluding carboxylic acids is 1. The molecule has 0 fully saturated rings. The number of nitrogens with zero attached hydrogens (tertiary/aromatic N) is 2. The second kappa shape index (κ2) is 6.17. The molecule has 3 rings (SSSR count). The van der Waals surface area contributed by atoms with Gasteiger partial charge >= 0.3 is 0 Å². The van der Waals surface area contributed by atoms with E-state index in [1.165, 1.54) is 24.3 Å². The monoisotopic (exact) mass is 321 g/mol. The second-order valence-electron chi connectivity index (χ2n) is 5.74. The van der Waals surface area contributed by atoms with Crippen LogP contribution in [0.1, 0.15) is 27.9 Å². The van der Waals surface area contributed by atoms with Crippen LogP contribution in [0.25, 0.3) is 0 Å². The summed E-state index contributed by atoms with van der Waals surface area (Å²) in [4.78, 5) is 14.7. The zero-order chi connectivity index (χ0) is 17.3. The minimum Gasteiger partial charge on any atom is -0.397 e. The van der Waals surface area contributed by atoms with Gasteiger partial charge in [0, 0.05) is 35.9 Å². The third-order valence-corrected chi connectivity index (χ3v) is 4.15. The molecule has 0 aromatic heterocycles. The van der Waals surface area contributed by atoms with Crippen molar-refractivity contribution >= 4 is 17.2 Å². The Morgan fingerprint density at radius 2 is 1.96 bits per heavy atom. The summed E-state index contributed by atoms with van der Waals surface area (Å²) in [5.74, 6) is -0.619. The van der Waals surface area contributed by atoms with Gasteiger partial charge in [-0.25, -0.2) is 4.39 Å². The van der Waals surface area contributed by atoms with E-state index in [1.54, 1.807) is 18.3 Å². The normalized spacial score (nSPS) is 13.5. The lowest BCUT2D eigenvalue weighted by Crippen LogP contribution is -2.19. The summed E-state index contributed by atoms with van der Waals surface area (Å²) in [6.07, 6.45) is 2.35. The smallest absolute Gasteiger partial charge is 0.195 e. The molecule has 5 heteroatoms. The highest BCUT2D eigenvalue weighted by atomic mass is 19.1. The van der Waals surface area contributed by atoms with E-state index in [0.717, 1.165) is 5.56 Å². The van der Waals surface area contributed by atoms with Crippen molar-refractivity contribution in [1.29, 1.82) is 5.26 Å². The van der Waals surface area contributed by atoms with Crippen LogP contribution >= 0.6 is 0 Å². The van der Waals surface area contributed by atoms with Gasteiger partial charge in [0.15, 0.2) is 5.78 Å². The summed E-state index contributed by atoms with van der Waals surface area (Å²) in [7, 11) is 0. The molecular weight excluding hydrogens is 305 g/mol. The van der Waals surface area contributed by atoms with Crippen LogP contribution in [-0.4, -0.2) is 12.3 Å². The van der Waals surface area contributed by atoms with Crippen LogP contribution in [-0.2, 0) is 0 Å². The van der Waals surface area contributed by atoms with Crippen molar-refractivity contribution in [1.82, 2.24) is 0 Å². The summed E-state index contributed by atoms with van der Waals surface area (Å²) >= 11 is 0. The Hall–Kier alpha value is -3.13.